The molecule has 9 heteroatoms. The van der Waals surface area contributed by atoms with Gasteiger partial charge in [-0.3, -0.25) is 14.4 Å². The highest BCUT2D eigenvalue weighted by molar-refractivity contribution is 8.00. The molecular weight excluding hydrogens is 335 g/mol. The van der Waals surface area contributed by atoms with E-state index in [9.17, 15) is 18.8 Å². The van der Waals surface area contributed by atoms with Crippen molar-refractivity contribution in [1.82, 2.24) is 9.78 Å². The lowest BCUT2D eigenvalue weighted by Gasteiger charge is -2.24. The molecule has 0 bridgehead atoms. The summed E-state index contributed by atoms with van der Waals surface area (Å²) in [4.78, 5) is 38.1. The smallest absolute Gasteiger partial charge is 0.292 e. The summed E-state index contributed by atoms with van der Waals surface area (Å²) >= 11 is 1.24. The van der Waals surface area contributed by atoms with Crippen molar-refractivity contribution in [2.75, 3.05) is 23.0 Å². The molecule has 3 rings (SSSR count). The molecule has 0 aliphatic carbocycles. The third kappa shape index (κ3) is 3.16. The summed E-state index contributed by atoms with van der Waals surface area (Å²) in [7, 11) is 1.51. The molecule has 1 N–H and O–H groups in total. The predicted molar refractivity (Wildman–Crippen MR) is 87.7 cm³/mol. The normalized spacial score (nSPS) is 13.6. The number of anilines is 2. The van der Waals surface area contributed by atoms with Crippen molar-refractivity contribution < 1.29 is 14.0 Å². The van der Waals surface area contributed by atoms with Gasteiger partial charge in [0.25, 0.3) is 5.56 Å². The molecule has 24 heavy (non-hydrogen) atoms. The molecule has 2 heterocycles. The van der Waals surface area contributed by atoms with Crippen LogP contribution in [-0.2, 0) is 16.1 Å². The van der Waals surface area contributed by atoms with Crippen molar-refractivity contribution in [1.29, 1.82) is 0 Å². The molecule has 1 aromatic carbocycles. The first-order valence-corrected chi connectivity index (χ1v) is 7.99. The van der Waals surface area contributed by atoms with Crippen LogP contribution in [0.4, 0.5) is 15.8 Å². The van der Waals surface area contributed by atoms with Gasteiger partial charge in [-0.05, 0) is 18.2 Å². The van der Waals surface area contributed by atoms with Gasteiger partial charge in [0, 0.05) is 12.7 Å². The summed E-state index contributed by atoms with van der Waals surface area (Å²) in [5, 5.41) is 6.45. The summed E-state index contributed by atoms with van der Waals surface area (Å²) < 4.78 is 14.1. The lowest BCUT2D eigenvalue weighted by Crippen LogP contribution is -2.40. The van der Waals surface area contributed by atoms with Crippen LogP contribution in [0.5, 0.6) is 0 Å². The second-order valence-corrected chi connectivity index (χ2v) is 6.14. The number of carbonyl (C=O) groups is 2. The van der Waals surface area contributed by atoms with Crippen LogP contribution in [0, 0.1) is 5.82 Å². The molecule has 1 aliphatic heterocycles. The van der Waals surface area contributed by atoms with Crippen molar-refractivity contribution in [3.05, 3.63) is 46.6 Å². The maximum atomic E-state index is 13.1. The summed E-state index contributed by atoms with van der Waals surface area (Å²) in [6.45, 7) is -0.338. The highest BCUT2D eigenvalue weighted by atomic mass is 32.2. The fraction of sp³-hybridized carbons (Fsp3) is 0.200. The lowest BCUT2D eigenvalue weighted by molar-refractivity contribution is -0.117. The zero-order valence-corrected chi connectivity index (χ0v) is 13.5. The molecule has 1 aliphatic rings. The minimum atomic E-state index is -0.523. The molecule has 1 aromatic heterocycles. The highest BCUT2D eigenvalue weighted by Crippen LogP contribution is 2.30. The van der Waals surface area contributed by atoms with Crippen molar-refractivity contribution in [2.24, 2.45) is 0 Å². The quantitative estimate of drug-likeness (QED) is 0.898. The third-order valence-electron chi connectivity index (χ3n) is 3.45. The molecule has 0 saturated carbocycles. The fourth-order valence-electron chi connectivity index (χ4n) is 2.25. The Kier molecular flexibility index (Phi) is 4.34. The predicted octanol–water partition coefficient (Wildman–Crippen LogP) is 1.09. The minimum absolute atomic E-state index is 0.188. The number of halogens is 1. The Hall–Kier alpha value is -2.68. The van der Waals surface area contributed by atoms with Crippen LogP contribution in [0.25, 0.3) is 0 Å². The highest BCUT2D eigenvalue weighted by Gasteiger charge is 2.26. The van der Waals surface area contributed by atoms with Gasteiger partial charge in [-0.25, -0.2) is 9.07 Å². The number of benzene rings is 1. The van der Waals surface area contributed by atoms with Gasteiger partial charge in [-0.15, -0.1) is 11.8 Å². The summed E-state index contributed by atoms with van der Waals surface area (Å²) in [5.41, 5.74) is -0.0244. The van der Waals surface area contributed by atoms with Crippen molar-refractivity contribution >= 4 is 35.0 Å². The number of thioether (sulfide) groups is 1. The Morgan fingerprint density at radius 2 is 2.21 bits per heavy atom. The fourth-order valence-corrected chi connectivity index (χ4v) is 3.21. The van der Waals surface area contributed by atoms with E-state index in [-0.39, 0.29) is 29.6 Å². The number of amides is 2. The van der Waals surface area contributed by atoms with Gasteiger partial charge in [-0.2, -0.15) is 5.10 Å². The molecule has 0 spiro atoms. The molecule has 0 radical (unpaired) electrons. The molecule has 0 unspecified atom stereocenters. The number of fused-ring (bicyclic) bond motifs is 1. The Morgan fingerprint density at radius 1 is 1.42 bits per heavy atom. The van der Waals surface area contributed by atoms with E-state index in [0.29, 0.717) is 4.90 Å². The van der Waals surface area contributed by atoms with Gasteiger partial charge < -0.3 is 10.2 Å². The van der Waals surface area contributed by atoms with E-state index in [4.69, 9.17) is 0 Å². The topological polar surface area (TPSA) is 84.3 Å². The maximum Gasteiger partial charge on any atom is 0.292 e. The van der Waals surface area contributed by atoms with Crippen LogP contribution < -0.4 is 15.8 Å². The molecule has 2 amide bonds. The molecule has 2 aromatic rings. The van der Waals surface area contributed by atoms with E-state index < -0.39 is 17.3 Å². The van der Waals surface area contributed by atoms with Gasteiger partial charge >= 0.3 is 0 Å². The second-order valence-electron chi connectivity index (χ2n) is 5.12. The molecule has 124 valence electrons. The average molecular weight is 348 g/mol. The van der Waals surface area contributed by atoms with Gasteiger partial charge in [0.15, 0.2) is 0 Å². The molecule has 0 fully saturated rings. The maximum absolute atomic E-state index is 13.1. The number of carbonyl (C=O) groups excluding carboxylic acids is 2. The zero-order valence-electron chi connectivity index (χ0n) is 12.7. The van der Waals surface area contributed by atoms with E-state index >= 15 is 0 Å². The molecule has 0 saturated heterocycles. The zero-order chi connectivity index (χ0) is 17.3. The Balaban J connectivity index is 1.82. The average Bonchev–Trinajstić information content (AvgIpc) is 2.53. The first kappa shape index (κ1) is 16.2. The first-order valence-electron chi connectivity index (χ1n) is 7.00. The first-order chi connectivity index (χ1) is 11.5. The summed E-state index contributed by atoms with van der Waals surface area (Å²) in [5.74, 6) is -0.942. The molecule has 0 atom stereocenters. The van der Waals surface area contributed by atoms with E-state index in [1.807, 2.05) is 0 Å². The third-order valence-corrected chi connectivity index (χ3v) is 4.45. The van der Waals surface area contributed by atoms with E-state index in [1.54, 1.807) is 0 Å². The number of rotatable bonds is 3. The molecular formula is C15H13FN4O3S. The number of hydrogen-bond donors (Lipinski definition) is 1. The molecule has 7 nitrogen and oxygen atoms in total. The number of nitrogens with one attached hydrogen (secondary N) is 1. The van der Waals surface area contributed by atoms with Gasteiger partial charge in [0.2, 0.25) is 11.8 Å². The van der Waals surface area contributed by atoms with Crippen LogP contribution in [0.1, 0.15) is 0 Å². The largest absolute Gasteiger partial charge is 0.324 e. The standard InChI is InChI=1S/C15H13FN4O3S/c1-19-13(22)8-24-11-6-17-20(15(23)14(11)19)7-12(21)18-10-4-2-3-9(16)5-10/h2-6H,7-8H2,1H3,(H,18,21). The number of nitrogens with zero attached hydrogens (tertiary/aromatic N) is 3. The Bertz CT molecular complexity index is 883. The minimum Gasteiger partial charge on any atom is -0.324 e. The van der Waals surface area contributed by atoms with Crippen LogP contribution >= 0.6 is 11.8 Å². The van der Waals surface area contributed by atoms with E-state index in [2.05, 4.69) is 10.4 Å². The SMILES string of the molecule is CN1C(=O)CSc2cnn(CC(=O)Nc3cccc(F)c3)c(=O)c21. The monoisotopic (exact) mass is 348 g/mol. The van der Waals surface area contributed by atoms with Crippen LogP contribution in [0.15, 0.2) is 40.2 Å². The van der Waals surface area contributed by atoms with Crippen LogP contribution in [-0.4, -0.2) is 34.4 Å². The Labute approximate surface area is 140 Å². The number of aromatic nitrogens is 2. The van der Waals surface area contributed by atoms with E-state index in [0.717, 1.165) is 4.68 Å². The van der Waals surface area contributed by atoms with E-state index in [1.165, 1.54) is 54.2 Å². The Morgan fingerprint density at radius 3 is 2.96 bits per heavy atom. The van der Waals surface area contributed by atoms with Gasteiger partial charge in [0.05, 0.1) is 16.8 Å². The van der Waals surface area contributed by atoms with Crippen LogP contribution in [0.2, 0.25) is 0 Å². The summed E-state index contributed by atoms with van der Waals surface area (Å²) in [6.07, 6.45) is 1.46. The van der Waals surface area contributed by atoms with Crippen molar-refractivity contribution in [3.8, 4) is 0 Å². The van der Waals surface area contributed by atoms with Crippen molar-refractivity contribution in [3.63, 3.8) is 0 Å². The van der Waals surface area contributed by atoms with Crippen LogP contribution in [0.3, 0.4) is 0 Å². The second kappa shape index (κ2) is 6.44. The van der Waals surface area contributed by atoms with Crippen molar-refractivity contribution in [2.45, 2.75) is 11.4 Å². The summed E-state index contributed by atoms with van der Waals surface area (Å²) in [6, 6.07) is 5.43. The number of hydrogen-bond acceptors (Lipinski definition) is 5. The van der Waals surface area contributed by atoms with Gasteiger partial charge in [-0.1, -0.05) is 6.07 Å². The lowest BCUT2D eigenvalue weighted by atomic mass is 10.3. The van der Waals surface area contributed by atoms with Gasteiger partial charge in [0.1, 0.15) is 18.0 Å².